The molecule has 0 saturated heterocycles. The van der Waals surface area contributed by atoms with Gasteiger partial charge in [0, 0.05) is 17.0 Å². The van der Waals surface area contributed by atoms with Gasteiger partial charge in [0.1, 0.15) is 17.4 Å². The van der Waals surface area contributed by atoms with Crippen LogP contribution in [0.3, 0.4) is 0 Å². The minimum atomic E-state index is 0.610. The van der Waals surface area contributed by atoms with Gasteiger partial charge in [-0.05, 0) is 51.0 Å². The first-order chi connectivity index (χ1) is 12.0. The lowest BCUT2D eigenvalue weighted by molar-refractivity contribution is 0.573. The summed E-state index contributed by atoms with van der Waals surface area (Å²) >= 11 is 1.51. The molecule has 4 nitrogen and oxygen atoms in total. The molecule has 2 heterocycles. The van der Waals surface area contributed by atoms with E-state index in [1.54, 1.807) is 6.26 Å². The fourth-order valence-electron chi connectivity index (χ4n) is 2.74. The standard InChI is InChI=1S/C20H19N3OS/c1-12-5-6-17(13(2)7-12)19-23-16(10-24-19)11-25-20-18(9-21)14(3)8-15(4)22-20/h5-8,10H,11H2,1-4H3. The van der Waals surface area contributed by atoms with E-state index in [1.165, 1.54) is 17.3 Å². The third kappa shape index (κ3) is 3.75. The average Bonchev–Trinajstić information content (AvgIpc) is 3.01. The molecule has 0 atom stereocenters. The van der Waals surface area contributed by atoms with E-state index >= 15 is 0 Å². The van der Waals surface area contributed by atoms with Crippen LogP contribution in [-0.4, -0.2) is 9.97 Å². The average molecular weight is 349 g/mol. The Labute approximate surface area is 151 Å². The maximum absolute atomic E-state index is 9.36. The molecule has 126 valence electrons. The summed E-state index contributed by atoms with van der Waals surface area (Å²) in [6.45, 7) is 8.00. The quantitative estimate of drug-likeness (QED) is 0.611. The van der Waals surface area contributed by atoms with Crippen LogP contribution in [-0.2, 0) is 5.75 Å². The fourth-order valence-corrected chi connectivity index (χ4v) is 3.71. The Morgan fingerprint density at radius 3 is 2.60 bits per heavy atom. The highest BCUT2D eigenvalue weighted by atomic mass is 32.2. The maximum Gasteiger partial charge on any atom is 0.226 e. The normalized spacial score (nSPS) is 10.7. The molecule has 0 unspecified atom stereocenters. The second kappa shape index (κ2) is 7.12. The minimum absolute atomic E-state index is 0.610. The Morgan fingerprint density at radius 2 is 1.88 bits per heavy atom. The summed E-state index contributed by atoms with van der Waals surface area (Å²) < 4.78 is 5.65. The highest BCUT2D eigenvalue weighted by Crippen LogP contribution is 2.29. The van der Waals surface area contributed by atoms with Gasteiger partial charge < -0.3 is 4.42 Å². The van der Waals surface area contributed by atoms with Gasteiger partial charge in [0.15, 0.2) is 0 Å². The van der Waals surface area contributed by atoms with Gasteiger partial charge >= 0.3 is 0 Å². The van der Waals surface area contributed by atoms with E-state index in [9.17, 15) is 5.26 Å². The van der Waals surface area contributed by atoms with Gasteiger partial charge in [0.25, 0.3) is 0 Å². The molecule has 0 fully saturated rings. The van der Waals surface area contributed by atoms with Crippen LogP contribution in [0.5, 0.6) is 0 Å². The fraction of sp³-hybridized carbons (Fsp3) is 0.250. The minimum Gasteiger partial charge on any atom is -0.444 e. The second-order valence-corrected chi connectivity index (χ2v) is 7.09. The van der Waals surface area contributed by atoms with Gasteiger partial charge in [-0.25, -0.2) is 9.97 Å². The molecule has 5 heteroatoms. The monoisotopic (exact) mass is 349 g/mol. The number of rotatable bonds is 4. The first-order valence-electron chi connectivity index (χ1n) is 8.01. The highest BCUT2D eigenvalue weighted by molar-refractivity contribution is 7.98. The molecule has 0 amide bonds. The van der Waals surface area contributed by atoms with E-state index in [0.29, 0.717) is 17.2 Å². The lowest BCUT2D eigenvalue weighted by Crippen LogP contribution is -1.95. The molecular weight excluding hydrogens is 330 g/mol. The van der Waals surface area contributed by atoms with Gasteiger partial charge in [-0.3, -0.25) is 0 Å². The van der Waals surface area contributed by atoms with Crippen molar-refractivity contribution in [3.05, 3.63) is 64.2 Å². The zero-order valence-electron chi connectivity index (χ0n) is 14.8. The van der Waals surface area contributed by atoms with E-state index in [1.807, 2.05) is 26.0 Å². The molecule has 0 bridgehead atoms. The number of aryl methyl sites for hydroxylation is 4. The molecule has 2 aromatic heterocycles. The summed E-state index contributed by atoms with van der Waals surface area (Å²) in [5, 5.41) is 10.1. The van der Waals surface area contributed by atoms with Crippen molar-refractivity contribution < 1.29 is 4.42 Å². The van der Waals surface area contributed by atoms with Crippen molar-refractivity contribution >= 4 is 11.8 Å². The van der Waals surface area contributed by atoms with Crippen LogP contribution in [0, 0.1) is 39.0 Å². The van der Waals surface area contributed by atoms with E-state index in [2.05, 4.69) is 42.0 Å². The summed E-state index contributed by atoms with van der Waals surface area (Å²) in [4.78, 5) is 9.08. The van der Waals surface area contributed by atoms with Crippen molar-refractivity contribution in [1.29, 1.82) is 5.26 Å². The van der Waals surface area contributed by atoms with E-state index in [0.717, 1.165) is 33.1 Å². The van der Waals surface area contributed by atoms with Crippen LogP contribution in [0.4, 0.5) is 0 Å². The van der Waals surface area contributed by atoms with Crippen LogP contribution >= 0.6 is 11.8 Å². The Bertz CT molecular complexity index is 970. The number of aromatic nitrogens is 2. The lowest BCUT2D eigenvalue weighted by Gasteiger charge is -2.06. The molecule has 0 N–H and O–H groups in total. The number of nitrogens with zero attached hydrogens (tertiary/aromatic N) is 3. The van der Waals surface area contributed by atoms with Crippen LogP contribution < -0.4 is 0 Å². The predicted molar refractivity (Wildman–Crippen MR) is 99.4 cm³/mol. The molecule has 3 rings (SSSR count). The Hall–Kier alpha value is -2.58. The van der Waals surface area contributed by atoms with Gasteiger partial charge in [0.05, 0.1) is 11.3 Å². The number of pyridine rings is 1. The van der Waals surface area contributed by atoms with Crippen molar-refractivity contribution in [3.63, 3.8) is 0 Å². The zero-order chi connectivity index (χ0) is 18.0. The molecule has 0 aliphatic heterocycles. The van der Waals surface area contributed by atoms with Crippen molar-refractivity contribution in [3.8, 4) is 17.5 Å². The molecule has 0 radical (unpaired) electrons. The van der Waals surface area contributed by atoms with E-state index in [-0.39, 0.29) is 0 Å². The maximum atomic E-state index is 9.36. The van der Waals surface area contributed by atoms with Crippen molar-refractivity contribution in [2.24, 2.45) is 0 Å². The Balaban J connectivity index is 1.80. The van der Waals surface area contributed by atoms with Gasteiger partial charge in [-0.2, -0.15) is 5.26 Å². The number of benzene rings is 1. The number of oxazole rings is 1. The Kier molecular flexibility index (Phi) is 4.91. The first kappa shape index (κ1) is 17.2. The third-order valence-corrected chi connectivity index (χ3v) is 4.95. The molecule has 0 aliphatic rings. The van der Waals surface area contributed by atoms with Crippen LogP contribution in [0.2, 0.25) is 0 Å². The predicted octanol–water partition coefficient (Wildman–Crippen LogP) is 5.13. The third-order valence-electron chi connectivity index (χ3n) is 3.94. The van der Waals surface area contributed by atoms with Crippen molar-refractivity contribution in [1.82, 2.24) is 9.97 Å². The summed E-state index contributed by atoms with van der Waals surface area (Å²) in [5.41, 5.74) is 6.70. The topological polar surface area (TPSA) is 62.7 Å². The number of nitriles is 1. The molecule has 0 aliphatic carbocycles. The lowest BCUT2D eigenvalue weighted by atomic mass is 10.1. The SMILES string of the molecule is Cc1ccc(-c2nc(CSc3nc(C)cc(C)c3C#N)co2)c(C)c1. The van der Waals surface area contributed by atoms with Crippen LogP contribution in [0.25, 0.3) is 11.5 Å². The van der Waals surface area contributed by atoms with E-state index in [4.69, 9.17) is 4.42 Å². The molecule has 1 aromatic carbocycles. The summed E-state index contributed by atoms with van der Waals surface area (Å²) in [6, 6.07) is 10.4. The zero-order valence-corrected chi connectivity index (χ0v) is 15.6. The van der Waals surface area contributed by atoms with Crippen molar-refractivity contribution in [2.75, 3.05) is 0 Å². The van der Waals surface area contributed by atoms with Gasteiger partial charge in [0.2, 0.25) is 5.89 Å². The summed E-state index contributed by atoms with van der Waals surface area (Å²) in [5.74, 6) is 1.24. The molecular formula is C20H19N3OS. The summed E-state index contributed by atoms with van der Waals surface area (Å²) in [6.07, 6.45) is 1.68. The van der Waals surface area contributed by atoms with Crippen LogP contribution in [0.1, 0.15) is 33.6 Å². The molecule has 0 spiro atoms. The Morgan fingerprint density at radius 1 is 1.08 bits per heavy atom. The van der Waals surface area contributed by atoms with Gasteiger partial charge in [-0.1, -0.05) is 29.5 Å². The highest BCUT2D eigenvalue weighted by Gasteiger charge is 2.13. The molecule has 25 heavy (non-hydrogen) atoms. The van der Waals surface area contributed by atoms with E-state index < -0.39 is 0 Å². The smallest absolute Gasteiger partial charge is 0.226 e. The summed E-state index contributed by atoms with van der Waals surface area (Å²) in [7, 11) is 0. The largest absolute Gasteiger partial charge is 0.444 e. The first-order valence-corrected chi connectivity index (χ1v) is 8.99. The number of thioether (sulfide) groups is 1. The molecule has 3 aromatic rings. The number of hydrogen-bond donors (Lipinski definition) is 0. The van der Waals surface area contributed by atoms with Crippen LogP contribution in [0.15, 0.2) is 40.0 Å². The van der Waals surface area contributed by atoms with Crippen molar-refractivity contribution in [2.45, 2.75) is 38.5 Å². The van der Waals surface area contributed by atoms with Gasteiger partial charge in [-0.15, -0.1) is 0 Å². The second-order valence-electron chi connectivity index (χ2n) is 6.12. The molecule has 0 saturated carbocycles. The number of hydrogen-bond acceptors (Lipinski definition) is 5.